The summed E-state index contributed by atoms with van der Waals surface area (Å²) in [5.41, 5.74) is 2.76. The van der Waals surface area contributed by atoms with Crippen molar-refractivity contribution in [3.8, 4) is 0 Å². The van der Waals surface area contributed by atoms with Gasteiger partial charge in [-0.15, -0.1) is 0 Å². The van der Waals surface area contributed by atoms with E-state index in [1.54, 1.807) is 50.2 Å². The third-order valence-electron chi connectivity index (χ3n) is 6.60. The number of ether oxygens (including phenoxy) is 2. The van der Waals surface area contributed by atoms with Crippen LogP contribution in [0.4, 0.5) is 11.4 Å². The van der Waals surface area contributed by atoms with E-state index in [2.05, 4.69) is 23.8 Å². The van der Waals surface area contributed by atoms with Crippen LogP contribution in [0.25, 0.3) is 0 Å². The minimum atomic E-state index is -0.487. The fourth-order valence-electron chi connectivity index (χ4n) is 4.59. The summed E-state index contributed by atoms with van der Waals surface area (Å²) in [6.45, 7) is 14.6. The first kappa shape index (κ1) is 30.3. The van der Waals surface area contributed by atoms with E-state index in [0.717, 1.165) is 12.8 Å². The minimum absolute atomic E-state index is 0.0830. The Hall–Kier alpha value is -4.20. The van der Waals surface area contributed by atoms with Gasteiger partial charge in [-0.2, -0.15) is 0 Å². The molecule has 2 N–H and O–H groups in total. The van der Waals surface area contributed by atoms with Crippen LogP contribution in [0.5, 0.6) is 0 Å². The highest BCUT2D eigenvalue weighted by Gasteiger charge is 2.35. The molecule has 8 nitrogen and oxygen atoms in total. The fourth-order valence-corrected chi connectivity index (χ4v) is 4.59. The fraction of sp³-hybridized carbons (Fsp3) is 0.375. The van der Waals surface area contributed by atoms with Gasteiger partial charge in [-0.1, -0.05) is 64.1 Å². The van der Waals surface area contributed by atoms with Gasteiger partial charge in [-0.25, -0.2) is 9.59 Å². The first-order valence-corrected chi connectivity index (χ1v) is 13.6. The number of benzene rings is 2. The Morgan fingerprint density at radius 2 is 1.10 bits per heavy atom. The highest BCUT2D eigenvalue weighted by Crippen LogP contribution is 2.37. The molecule has 0 saturated heterocycles. The molecule has 3 rings (SSSR count). The van der Waals surface area contributed by atoms with Crippen molar-refractivity contribution in [1.82, 2.24) is 0 Å². The summed E-state index contributed by atoms with van der Waals surface area (Å²) >= 11 is 0. The van der Waals surface area contributed by atoms with Gasteiger partial charge in [0.2, 0.25) is 0 Å². The van der Waals surface area contributed by atoms with Gasteiger partial charge in [-0.05, 0) is 38.8 Å². The van der Waals surface area contributed by atoms with Crippen LogP contribution in [0.1, 0.15) is 85.2 Å². The molecule has 2 unspecified atom stereocenters. The summed E-state index contributed by atoms with van der Waals surface area (Å²) in [7, 11) is 0. The summed E-state index contributed by atoms with van der Waals surface area (Å²) in [4.78, 5) is 51.7. The van der Waals surface area contributed by atoms with Crippen molar-refractivity contribution in [2.75, 3.05) is 23.8 Å². The average Bonchev–Trinajstić information content (AvgIpc) is 2.93. The van der Waals surface area contributed by atoms with Crippen molar-refractivity contribution >= 4 is 34.9 Å². The number of fused-ring (bicyclic) bond motifs is 2. The number of anilines is 2. The van der Waals surface area contributed by atoms with Gasteiger partial charge in [0, 0.05) is 33.6 Å². The van der Waals surface area contributed by atoms with Crippen LogP contribution in [-0.4, -0.2) is 48.8 Å². The average molecular weight is 547 g/mol. The monoisotopic (exact) mass is 546 g/mol. The Balaban J connectivity index is 2.02. The van der Waals surface area contributed by atoms with E-state index in [9.17, 15) is 19.2 Å². The van der Waals surface area contributed by atoms with Gasteiger partial charge in [0.05, 0.1) is 23.2 Å². The van der Waals surface area contributed by atoms with E-state index in [0.29, 0.717) is 46.5 Å². The Morgan fingerprint density at radius 1 is 0.725 bits per heavy atom. The molecule has 1 aliphatic rings. The number of rotatable bonds is 14. The van der Waals surface area contributed by atoms with E-state index in [4.69, 9.17) is 9.47 Å². The van der Waals surface area contributed by atoms with E-state index in [1.807, 2.05) is 13.8 Å². The zero-order chi connectivity index (χ0) is 29.4. The molecule has 0 bridgehead atoms. The van der Waals surface area contributed by atoms with Crippen LogP contribution < -0.4 is 10.6 Å². The highest BCUT2D eigenvalue weighted by atomic mass is 16.5. The van der Waals surface area contributed by atoms with Crippen LogP contribution in [0.2, 0.25) is 0 Å². The van der Waals surface area contributed by atoms with Crippen LogP contribution >= 0.6 is 0 Å². The molecule has 0 radical (unpaired) electrons. The maximum Gasteiger partial charge on any atom is 0.333 e. The first-order valence-electron chi connectivity index (χ1n) is 13.6. The van der Waals surface area contributed by atoms with Crippen molar-refractivity contribution in [3.63, 3.8) is 0 Å². The maximum absolute atomic E-state index is 13.8. The van der Waals surface area contributed by atoms with Crippen molar-refractivity contribution in [2.24, 2.45) is 0 Å². The topological polar surface area (TPSA) is 111 Å². The molecule has 1 aliphatic carbocycles. The van der Waals surface area contributed by atoms with Gasteiger partial charge >= 0.3 is 11.9 Å². The summed E-state index contributed by atoms with van der Waals surface area (Å²) < 4.78 is 10.8. The summed E-state index contributed by atoms with van der Waals surface area (Å²) in [6.07, 6.45) is 2.95. The minimum Gasteiger partial charge on any atom is -0.460 e. The molecule has 0 aliphatic heterocycles. The lowest BCUT2D eigenvalue weighted by atomic mass is 9.82. The van der Waals surface area contributed by atoms with Gasteiger partial charge in [0.25, 0.3) is 0 Å². The zero-order valence-corrected chi connectivity index (χ0v) is 23.7. The number of hydrogen-bond acceptors (Lipinski definition) is 8. The molecule has 0 fully saturated rings. The molecule has 2 aromatic rings. The second kappa shape index (κ2) is 13.7. The molecule has 40 heavy (non-hydrogen) atoms. The number of nitrogens with one attached hydrogen (secondary N) is 2. The second-order valence-corrected chi connectivity index (χ2v) is 10.1. The van der Waals surface area contributed by atoms with Crippen LogP contribution in [0, 0.1) is 0 Å². The molecule has 0 aromatic heterocycles. The van der Waals surface area contributed by atoms with Gasteiger partial charge in [0.15, 0.2) is 11.6 Å². The Morgan fingerprint density at radius 3 is 1.43 bits per heavy atom. The highest BCUT2D eigenvalue weighted by molar-refractivity contribution is 6.31. The predicted octanol–water partition coefficient (Wildman–Crippen LogP) is 5.86. The Kier molecular flexibility index (Phi) is 10.4. The molecule has 212 valence electrons. The van der Waals surface area contributed by atoms with Gasteiger partial charge in [-0.3, -0.25) is 9.59 Å². The standard InChI is InChI=1S/C32H38N2O6/c1-7-11-21(17-39-31(37)19(3)4)33-25-15-16-26(34-22(12-8-2)18-40-32(38)20(5)6)28-27(25)29(35)23-13-9-10-14-24(23)30(28)36/h9-10,13-16,21-22,33-34H,3,5,7-8,11-12,17-18H2,1-2,4,6H3. The molecule has 0 saturated carbocycles. The molecule has 2 atom stereocenters. The normalized spacial score (nSPS) is 13.4. The summed E-state index contributed by atoms with van der Waals surface area (Å²) in [5, 5.41) is 6.71. The second-order valence-electron chi connectivity index (χ2n) is 10.1. The Bertz CT molecular complexity index is 1230. The molecule has 8 heteroatoms. The first-order chi connectivity index (χ1) is 19.1. The molecule has 0 amide bonds. The maximum atomic E-state index is 13.8. The van der Waals surface area contributed by atoms with Crippen molar-refractivity contribution in [2.45, 2.75) is 65.5 Å². The lowest BCUT2D eigenvalue weighted by molar-refractivity contribution is -0.140. The van der Waals surface area contributed by atoms with Crippen LogP contribution in [0.15, 0.2) is 60.7 Å². The quantitative estimate of drug-likeness (QED) is 0.191. The smallest absolute Gasteiger partial charge is 0.333 e. The summed E-state index contributed by atoms with van der Waals surface area (Å²) in [6, 6.07) is 9.70. The Labute approximate surface area is 235 Å². The SMILES string of the molecule is C=C(C)C(=O)OCC(CCC)Nc1ccc(NC(CCC)COC(=O)C(=C)C)c2c1C(=O)c1ccccc1C2=O. The van der Waals surface area contributed by atoms with Crippen molar-refractivity contribution in [1.29, 1.82) is 0 Å². The third-order valence-corrected chi connectivity index (χ3v) is 6.60. The van der Waals surface area contributed by atoms with E-state index >= 15 is 0 Å². The van der Waals surface area contributed by atoms with Crippen molar-refractivity contribution in [3.05, 3.63) is 83.0 Å². The largest absolute Gasteiger partial charge is 0.460 e. The lowest BCUT2D eigenvalue weighted by Gasteiger charge is -2.28. The molecular formula is C32H38N2O6. The van der Waals surface area contributed by atoms with Crippen molar-refractivity contribution < 1.29 is 28.7 Å². The van der Waals surface area contributed by atoms with Gasteiger partial charge in [0.1, 0.15) is 13.2 Å². The van der Waals surface area contributed by atoms with E-state index < -0.39 is 11.9 Å². The number of carbonyl (C=O) groups is 4. The number of esters is 2. The molecule has 2 aromatic carbocycles. The van der Waals surface area contributed by atoms with E-state index in [1.165, 1.54) is 0 Å². The number of ketones is 2. The predicted molar refractivity (Wildman–Crippen MR) is 156 cm³/mol. The molecular weight excluding hydrogens is 508 g/mol. The zero-order valence-electron chi connectivity index (χ0n) is 23.7. The van der Waals surface area contributed by atoms with E-state index in [-0.39, 0.29) is 48.0 Å². The van der Waals surface area contributed by atoms with Crippen LogP contribution in [0.3, 0.4) is 0 Å². The molecule has 0 spiro atoms. The number of hydrogen-bond donors (Lipinski definition) is 2. The summed E-state index contributed by atoms with van der Waals surface area (Å²) in [5.74, 6) is -1.52. The molecule has 0 heterocycles. The number of carbonyl (C=O) groups excluding carboxylic acids is 4. The van der Waals surface area contributed by atoms with Gasteiger partial charge < -0.3 is 20.1 Å². The third kappa shape index (κ3) is 7.05. The lowest BCUT2D eigenvalue weighted by Crippen LogP contribution is -2.32. The van der Waals surface area contributed by atoms with Crippen LogP contribution in [-0.2, 0) is 19.1 Å².